The third-order valence-corrected chi connectivity index (χ3v) is 2.35. The molecule has 12 heavy (non-hydrogen) atoms. The Bertz CT molecular complexity index is 141. The molecule has 0 saturated heterocycles. The molecule has 0 aromatic heterocycles. The fraction of sp³-hybridized carbons (Fsp3) is 0.875. The Hall–Kier alpha value is 0.110. The third kappa shape index (κ3) is 5.72. The van der Waals surface area contributed by atoms with E-state index in [4.69, 9.17) is 11.6 Å². The first-order chi connectivity index (χ1) is 5.57. The molecule has 0 radical (unpaired) electrons. The Morgan fingerprint density at radius 3 is 2.58 bits per heavy atom. The van der Waals surface area contributed by atoms with Gasteiger partial charge in [-0.3, -0.25) is 4.79 Å². The maximum absolute atomic E-state index is 11.1. The van der Waals surface area contributed by atoms with Gasteiger partial charge >= 0.3 is 0 Å². The van der Waals surface area contributed by atoms with Crippen LogP contribution in [0.1, 0.15) is 20.3 Å². The average Bonchev–Trinajstić information content (AvgIpc) is 2.00. The minimum atomic E-state index is -0.429. The summed E-state index contributed by atoms with van der Waals surface area (Å²) in [7, 11) is 0. The van der Waals surface area contributed by atoms with Gasteiger partial charge < -0.3 is 5.32 Å². The molecular weight excluding hydrogens is 194 g/mol. The lowest BCUT2D eigenvalue weighted by molar-refractivity contribution is -0.121. The average molecular weight is 210 g/mol. The van der Waals surface area contributed by atoms with Gasteiger partial charge in [-0.25, -0.2) is 0 Å². The fourth-order valence-corrected chi connectivity index (χ4v) is 1.38. The lowest BCUT2D eigenvalue weighted by atomic mass is 10.2. The SMILES string of the molecule is CSCCC(C)NC(=O)C(C)Cl. The highest BCUT2D eigenvalue weighted by Crippen LogP contribution is 2.01. The molecule has 1 amide bonds. The Labute approximate surface area is 83.4 Å². The quantitative estimate of drug-likeness (QED) is 0.701. The van der Waals surface area contributed by atoms with E-state index in [1.807, 2.05) is 6.92 Å². The van der Waals surface area contributed by atoms with E-state index in [1.165, 1.54) is 0 Å². The van der Waals surface area contributed by atoms with Crippen molar-refractivity contribution in [2.75, 3.05) is 12.0 Å². The van der Waals surface area contributed by atoms with Crippen molar-refractivity contribution in [1.82, 2.24) is 5.32 Å². The van der Waals surface area contributed by atoms with E-state index >= 15 is 0 Å². The highest BCUT2D eigenvalue weighted by molar-refractivity contribution is 7.98. The number of hydrogen-bond acceptors (Lipinski definition) is 2. The molecule has 0 heterocycles. The first-order valence-electron chi connectivity index (χ1n) is 4.01. The molecular formula is C8H16ClNOS. The van der Waals surface area contributed by atoms with Crippen molar-refractivity contribution in [2.45, 2.75) is 31.7 Å². The second-order valence-electron chi connectivity index (χ2n) is 2.81. The summed E-state index contributed by atoms with van der Waals surface area (Å²) in [5, 5.41) is 2.40. The van der Waals surface area contributed by atoms with Crippen molar-refractivity contribution in [1.29, 1.82) is 0 Å². The van der Waals surface area contributed by atoms with Gasteiger partial charge in [0.15, 0.2) is 0 Å². The molecule has 0 aliphatic heterocycles. The summed E-state index contributed by atoms with van der Waals surface area (Å²) in [5.41, 5.74) is 0. The smallest absolute Gasteiger partial charge is 0.237 e. The van der Waals surface area contributed by atoms with Gasteiger partial charge in [-0.15, -0.1) is 11.6 Å². The van der Waals surface area contributed by atoms with Crippen LogP contribution < -0.4 is 5.32 Å². The molecule has 0 fully saturated rings. The van der Waals surface area contributed by atoms with Crippen molar-refractivity contribution >= 4 is 29.3 Å². The second kappa shape index (κ2) is 6.61. The van der Waals surface area contributed by atoms with Crippen molar-refractivity contribution in [3.05, 3.63) is 0 Å². The van der Waals surface area contributed by atoms with Crippen LogP contribution in [0, 0.1) is 0 Å². The van der Waals surface area contributed by atoms with Crippen LogP contribution in [0.4, 0.5) is 0 Å². The molecule has 0 saturated carbocycles. The second-order valence-corrected chi connectivity index (χ2v) is 4.45. The summed E-state index contributed by atoms with van der Waals surface area (Å²) < 4.78 is 0. The predicted molar refractivity (Wildman–Crippen MR) is 55.9 cm³/mol. The van der Waals surface area contributed by atoms with Crippen LogP contribution >= 0.6 is 23.4 Å². The first kappa shape index (κ1) is 12.1. The van der Waals surface area contributed by atoms with E-state index in [2.05, 4.69) is 11.6 Å². The normalized spacial score (nSPS) is 15.3. The van der Waals surface area contributed by atoms with Gasteiger partial charge in [0.2, 0.25) is 5.91 Å². The van der Waals surface area contributed by atoms with Gasteiger partial charge in [0.1, 0.15) is 5.38 Å². The van der Waals surface area contributed by atoms with E-state index < -0.39 is 5.38 Å². The summed E-state index contributed by atoms with van der Waals surface area (Å²) in [4.78, 5) is 11.1. The van der Waals surface area contributed by atoms with E-state index in [9.17, 15) is 4.79 Å². The zero-order chi connectivity index (χ0) is 9.56. The molecule has 2 nitrogen and oxygen atoms in total. The van der Waals surface area contributed by atoms with E-state index in [0.717, 1.165) is 12.2 Å². The Morgan fingerprint density at radius 1 is 1.58 bits per heavy atom. The van der Waals surface area contributed by atoms with Gasteiger partial charge in [-0.1, -0.05) is 0 Å². The van der Waals surface area contributed by atoms with Crippen LogP contribution in [-0.2, 0) is 4.79 Å². The lowest BCUT2D eigenvalue weighted by Gasteiger charge is -2.13. The topological polar surface area (TPSA) is 29.1 Å². The number of hydrogen-bond donors (Lipinski definition) is 1. The van der Waals surface area contributed by atoms with Gasteiger partial charge in [0, 0.05) is 6.04 Å². The van der Waals surface area contributed by atoms with Crippen LogP contribution in [0.3, 0.4) is 0 Å². The zero-order valence-electron chi connectivity index (χ0n) is 7.76. The Balaban J connectivity index is 3.54. The molecule has 0 aliphatic rings. The molecule has 0 rings (SSSR count). The van der Waals surface area contributed by atoms with Crippen LogP contribution in [-0.4, -0.2) is 29.3 Å². The molecule has 1 N–H and O–H groups in total. The molecule has 0 spiro atoms. The van der Waals surface area contributed by atoms with Crippen molar-refractivity contribution in [3.63, 3.8) is 0 Å². The van der Waals surface area contributed by atoms with Gasteiger partial charge in [0.25, 0.3) is 0 Å². The van der Waals surface area contributed by atoms with Crippen molar-refractivity contribution < 1.29 is 4.79 Å². The molecule has 0 bridgehead atoms. The summed E-state index contributed by atoms with van der Waals surface area (Å²) in [6, 6.07) is 0.228. The summed E-state index contributed by atoms with van der Waals surface area (Å²) in [5.74, 6) is 0.989. The zero-order valence-corrected chi connectivity index (χ0v) is 9.34. The lowest BCUT2D eigenvalue weighted by Crippen LogP contribution is -2.37. The number of amides is 1. The summed E-state index contributed by atoms with van der Waals surface area (Å²) in [6.45, 7) is 3.67. The van der Waals surface area contributed by atoms with Crippen molar-refractivity contribution in [2.24, 2.45) is 0 Å². The minimum Gasteiger partial charge on any atom is -0.352 e. The predicted octanol–water partition coefficient (Wildman–Crippen LogP) is 1.87. The van der Waals surface area contributed by atoms with Crippen LogP contribution in [0.15, 0.2) is 0 Å². The largest absolute Gasteiger partial charge is 0.352 e. The fourth-order valence-electron chi connectivity index (χ4n) is 0.724. The van der Waals surface area contributed by atoms with E-state index in [-0.39, 0.29) is 11.9 Å². The number of nitrogens with one attached hydrogen (secondary N) is 1. The molecule has 2 atom stereocenters. The monoisotopic (exact) mass is 209 g/mol. The minimum absolute atomic E-state index is 0.0785. The molecule has 0 aromatic carbocycles. The molecule has 72 valence electrons. The van der Waals surface area contributed by atoms with E-state index in [0.29, 0.717) is 0 Å². The Kier molecular flexibility index (Phi) is 6.67. The Morgan fingerprint density at radius 2 is 2.17 bits per heavy atom. The standard InChI is InChI=1S/C8H16ClNOS/c1-6(4-5-12-3)10-8(11)7(2)9/h6-7H,4-5H2,1-3H3,(H,10,11). The van der Waals surface area contributed by atoms with Crippen LogP contribution in [0.5, 0.6) is 0 Å². The number of carbonyl (C=O) groups excluding carboxylic acids is 1. The maximum atomic E-state index is 11.1. The maximum Gasteiger partial charge on any atom is 0.237 e. The highest BCUT2D eigenvalue weighted by Gasteiger charge is 2.11. The molecule has 0 aliphatic carbocycles. The highest BCUT2D eigenvalue weighted by atomic mass is 35.5. The number of alkyl halides is 1. The number of carbonyl (C=O) groups is 1. The third-order valence-electron chi connectivity index (χ3n) is 1.50. The van der Waals surface area contributed by atoms with Crippen LogP contribution in [0.25, 0.3) is 0 Å². The van der Waals surface area contributed by atoms with Crippen LogP contribution in [0.2, 0.25) is 0 Å². The molecule has 0 aromatic rings. The number of rotatable bonds is 5. The summed E-state index contributed by atoms with van der Waals surface area (Å²) >= 11 is 7.37. The van der Waals surface area contributed by atoms with E-state index in [1.54, 1.807) is 18.7 Å². The van der Waals surface area contributed by atoms with Gasteiger partial charge in [0.05, 0.1) is 0 Å². The number of thioether (sulfide) groups is 1. The molecule has 2 unspecified atom stereocenters. The molecule has 4 heteroatoms. The van der Waals surface area contributed by atoms with Gasteiger partial charge in [-0.05, 0) is 32.3 Å². The first-order valence-corrected chi connectivity index (χ1v) is 5.84. The number of halogens is 1. The van der Waals surface area contributed by atoms with Crippen molar-refractivity contribution in [3.8, 4) is 0 Å². The summed E-state index contributed by atoms with van der Waals surface area (Å²) in [6.07, 6.45) is 3.05. The van der Waals surface area contributed by atoms with Gasteiger partial charge in [-0.2, -0.15) is 11.8 Å².